The largest absolute Gasteiger partial charge is 0.359 e. The van der Waals surface area contributed by atoms with Gasteiger partial charge < -0.3 is 5.32 Å². The van der Waals surface area contributed by atoms with E-state index in [-0.39, 0.29) is 11.0 Å². The Morgan fingerprint density at radius 1 is 1.05 bits per heavy atom. The van der Waals surface area contributed by atoms with Crippen LogP contribution in [0.1, 0.15) is 45.2 Å². The van der Waals surface area contributed by atoms with Crippen molar-refractivity contribution in [3.05, 3.63) is 40.5 Å². The predicted octanol–water partition coefficient (Wildman–Crippen LogP) is 4.18. The molecule has 102 valence electrons. The van der Waals surface area contributed by atoms with E-state index in [4.69, 9.17) is 0 Å². The monoisotopic (exact) mass is 275 g/mol. The van der Waals surface area contributed by atoms with Crippen LogP contribution in [0.3, 0.4) is 0 Å². The van der Waals surface area contributed by atoms with Crippen molar-refractivity contribution in [1.82, 2.24) is 9.97 Å². The van der Waals surface area contributed by atoms with Crippen molar-refractivity contribution < 1.29 is 0 Å². The van der Waals surface area contributed by atoms with Crippen LogP contribution in [0.25, 0.3) is 0 Å². The number of anilines is 1. The van der Waals surface area contributed by atoms with Crippen LogP contribution in [0.5, 0.6) is 0 Å². The molecule has 0 spiro atoms. The lowest BCUT2D eigenvalue weighted by molar-refractivity contribution is 0.584. The van der Waals surface area contributed by atoms with E-state index in [0.29, 0.717) is 0 Å². The highest BCUT2D eigenvalue weighted by molar-refractivity contribution is 7.09. The Balaban J connectivity index is 2.16. The summed E-state index contributed by atoms with van der Waals surface area (Å²) in [5.41, 5.74) is 1.17. The lowest BCUT2D eigenvalue weighted by atomic mass is 9.88. The number of hydrogen-bond donors (Lipinski definition) is 1. The van der Waals surface area contributed by atoms with Gasteiger partial charge in [-0.05, 0) is 30.9 Å². The minimum Gasteiger partial charge on any atom is -0.359 e. The van der Waals surface area contributed by atoms with Gasteiger partial charge in [-0.25, -0.2) is 9.97 Å². The van der Waals surface area contributed by atoms with Crippen molar-refractivity contribution in [2.45, 2.75) is 45.6 Å². The fourth-order valence-corrected chi connectivity index (χ4v) is 2.54. The molecule has 0 saturated carbocycles. The second-order valence-corrected chi connectivity index (χ2v) is 7.16. The van der Waals surface area contributed by atoms with Crippen molar-refractivity contribution in [3.8, 4) is 0 Å². The summed E-state index contributed by atoms with van der Waals surface area (Å²) in [5, 5.41) is 6.50. The lowest BCUT2D eigenvalue weighted by Gasteiger charge is -2.25. The summed E-state index contributed by atoms with van der Waals surface area (Å²) in [6, 6.07) is 4.17. The summed E-state index contributed by atoms with van der Waals surface area (Å²) in [7, 11) is 0. The van der Waals surface area contributed by atoms with Gasteiger partial charge in [0.1, 0.15) is 10.8 Å². The number of nitrogens with one attached hydrogen (secondary N) is 1. The highest BCUT2D eigenvalue weighted by atomic mass is 32.1. The van der Waals surface area contributed by atoms with Crippen molar-refractivity contribution >= 4 is 17.2 Å². The Morgan fingerprint density at radius 3 is 2.26 bits per heavy atom. The molecule has 0 bridgehead atoms. The average molecular weight is 275 g/mol. The normalized spacial score (nSPS) is 12.5. The molecule has 0 aliphatic heterocycles. The molecular weight excluding hydrogens is 254 g/mol. The molecule has 0 aromatic carbocycles. The maximum absolute atomic E-state index is 4.51. The van der Waals surface area contributed by atoms with Gasteiger partial charge in [0, 0.05) is 17.8 Å². The summed E-state index contributed by atoms with van der Waals surface area (Å²) >= 11 is 1.66. The van der Waals surface area contributed by atoms with E-state index < -0.39 is 0 Å². The van der Waals surface area contributed by atoms with Crippen LogP contribution in [0.15, 0.2) is 29.9 Å². The maximum atomic E-state index is 4.51. The third-order valence-electron chi connectivity index (χ3n) is 3.04. The van der Waals surface area contributed by atoms with Gasteiger partial charge in [0.2, 0.25) is 0 Å². The summed E-state index contributed by atoms with van der Waals surface area (Å²) in [6.07, 6.45) is 3.78. The molecule has 0 saturated heterocycles. The summed E-state index contributed by atoms with van der Waals surface area (Å²) < 4.78 is 0. The Morgan fingerprint density at radius 2 is 1.79 bits per heavy atom. The zero-order chi connectivity index (χ0) is 14.1. The molecule has 0 unspecified atom stereocenters. The molecule has 0 atom stereocenters. The van der Waals surface area contributed by atoms with Crippen LogP contribution in [-0.4, -0.2) is 9.97 Å². The fourth-order valence-electron chi connectivity index (χ4n) is 1.82. The first-order chi connectivity index (χ1) is 8.79. The highest BCUT2D eigenvalue weighted by Crippen LogP contribution is 2.27. The molecule has 0 radical (unpaired) electrons. The average Bonchev–Trinajstić information content (AvgIpc) is 2.82. The smallest absolute Gasteiger partial charge is 0.126 e. The molecule has 1 N–H and O–H groups in total. The van der Waals surface area contributed by atoms with Crippen LogP contribution in [-0.2, 0) is 11.0 Å². The van der Waals surface area contributed by atoms with Gasteiger partial charge in [-0.2, -0.15) is 0 Å². The number of thiazole rings is 1. The second kappa shape index (κ2) is 4.93. The van der Waals surface area contributed by atoms with Gasteiger partial charge in [-0.15, -0.1) is 11.3 Å². The van der Waals surface area contributed by atoms with E-state index in [1.807, 2.05) is 23.8 Å². The molecule has 0 fully saturated rings. The molecule has 0 aliphatic rings. The zero-order valence-corrected chi connectivity index (χ0v) is 13.0. The maximum Gasteiger partial charge on any atom is 0.126 e. The molecule has 2 aromatic heterocycles. The van der Waals surface area contributed by atoms with E-state index in [1.54, 1.807) is 11.3 Å². The molecule has 0 aliphatic carbocycles. The number of hydrogen-bond acceptors (Lipinski definition) is 4. The van der Waals surface area contributed by atoms with E-state index >= 15 is 0 Å². The Bertz CT molecular complexity index is 522. The predicted molar refractivity (Wildman–Crippen MR) is 81.7 cm³/mol. The van der Waals surface area contributed by atoms with Crippen molar-refractivity contribution in [3.63, 3.8) is 0 Å². The first kappa shape index (κ1) is 14.0. The van der Waals surface area contributed by atoms with Gasteiger partial charge in [-0.1, -0.05) is 26.8 Å². The third-order valence-corrected chi connectivity index (χ3v) is 4.13. The molecule has 4 heteroatoms. The van der Waals surface area contributed by atoms with Gasteiger partial charge in [0.05, 0.1) is 5.54 Å². The first-order valence-corrected chi connectivity index (χ1v) is 7.32. The molecule has 2 rings (SSSR count). The summed E-state index contributed by atoms with van der Waals surface area (Å²) in [4.78, 5) is 8.88. The number of aromatic nitrogens is 2. The van der Waals surface area contributed by atoms with Crippen molar-refractivity contribution in [2.75, 3.05) is 5.32 Å². The zero-order valence-electron chi connectivity index (χ0n) is 12.2. The summed E-state index contributed by atoms with van der Waals surface area (Å²) in [5.74, 6) is 0.883. The van der Waals surface area contributed by atoms with E-state index in [2.05, 4.69) is 56.0 Å². The first-order valence-electron chi connectivity index (χ1n) is 6.44. The van der Waals surface area contributed by atoms with Crippen molar-refractivity contribution in [2.24, 2.45) is 0 Å². The lowest BCUT2D eigenvalue weighted by Crippen LogP contribution is -2.28. The van der Waals surface area contributed by atoms with E-state index in [9.17, 15) is 0 Å². The van der Waals surface area contributed by atoms with Gasteiger partial charge in [-0.3, -0.25) is 0 Å². The second-order valence-electron chi connectivity index (χ2n) is 6.27. The van der Waals surface area contributed by atoms with Gasteiger partial charge >= 0.3 is 0 Å². The number of pyridine rings is 1. The van der Waals surface area contributed by atoms with Crippen molar-refractivity contribution in [1.29, 1.82) is 0 Å². The quantitative estimate of drug-likeness (QED) is 0.913. The third kappa shape index (κ3) is 3.32. The Kier molecular flexibility index (Phi) is 3.63. The van der Waals surface area contributed by atoms with Gasteiger partial charge in [0.25, 0.3) is 0 Å². The van der Waals surface area contributed by atoms with Gasteiger partial charge in [0.15, 0.2) is 0 Å². The van der Waals surface area contributed by atoms with Crippen LogP contribution < -0.4 is 5.32 Å². The van der Waals surface area contributed by atoms with Crippen LogP contribution in [0.2, 0.25) is 0 Å². The van der Waals surface area contributed by atoms with Crippen LogP contribution >= 0.6 is 11.3 Å². The van der Waals surface area contributed by atoms with E-state index in [1.165, 1.54) is 5.56 Å². The number of nitrogens with zero attached hydrogens (tertiary/aromatic N) is 2. The number of rotatable bonds is 3. The molecule has 3 nitrogen and oxygen atoms in total. The molecule has 2 heterocycles. The summed E-state index contributed by atoms with van der Waals surface area (Å²) in [6.45, 7) is 10.8. The fraction of sp³-hybridized carbons (Fsp3) is 0.467. The van der Waals surface area contributed by atoms with Crippen LogP contribution in [0, 0.1) is 0 Å². The molecular formula is C15H21N3S. The SMILES string of the molecule is CC(C)(C)c1ccc(NC(C)(C)c2nccs2)nc1. The highest BCUT2D eigenvalue weighted by Gasteiger charge is 2.23. The topological polar surface area (TPSA) is 37.8 Å². The molecule has 0 amide bonds. The minimum absolute atomic E-state index is 0.135. The minimum atomic E-state index is -0.204. The molecule has 19 heavy (non-hydrogen) atoms. The molecule has 2 aromatic rings. The Labute approximate surface area is 119 Å². The van der Waals surface area contributed by atoms with E-state index in [0.717, 1.165) is 10.8 Å². The Hall–Kier alpha value is -1.42. The van der Waals surface area contributed by atoms with Crippen LogP contribution in [0.4, 0.5) is 5.82 Å². The standard InChI is InChI=1S/C15H21N3S/c1-14(2,3)11-6-7-12(17-10-11)18-15(4,5)13-16-8-9-19-13/h6-10H,1-5H3,(H,17,18).